The maximum atomic E-state index is 12.5. The number of benzene rings is 2. The van der Waals surface area contributed by atoms with E-state index in [0.717, 1.165) is 0 Å². The van der Waals surface area contributed by atoms with E-state index in [1.165, 1.54) is 11.3 Å². The van der Waals surface area contributed by atoms with Crippen LogP contribution in [0.4, 0.5) is 0 Å². The Kier molecular flexibility index (Phi) is 6.04. The minimum atomic E-state index is -0.562. The third-order valence-electron chi connectivity index (χ3n) is 3.55. The molecular weight excluding hydrogens is 372 g/mol. The van der Waals surface area contributed by atoms with Crippen LogP contribution in [0.5, 0.6) is 5.75 Å². The Morgan fingerprint density at radius 3 is 2.35 bits per heavy atom. The lowest BCUT2D eigenvalue weighted by Crippen LogP contribution is -2.15. The summed E-state index contributed by atoms with van der Waals surface area (Å²) in [5.74, 6) is -0.230. The third kappa shape index (κ3) is 4.31. The predicted molar refractivity (Wildman–Crippen MR) is 101 cm³/mol. The van der Waals surface area contributed by atoms with Gasteiger partial charge in [0, 0.05) is 5.56 Å². The quantitative estimate of drug-likeness (QED) is 0.330. The van der Waals surface area contributed by atoms with Crippen LogP contribution in [0.2, 0.25) is 5.02 Å². The van der Waals surface area contributed by atoms with Crippen molar-refractivity contribution in [2.75, 3.05) is 13.2 Å². The average molecular weight is 387 g/mol. The van der Waals surface area contributed by atoms with E-state index in [1.807, 2.05) is 5.38 Å². The maximum Gasteiger partial charge on any atom is 0.339 e. The minimum absolute atomic E-state index is 0.0472. The zero-order chi connectivity index (χ0) is 18.4. The highest BCUT2D eigenvalue weighted by Gasteiger charge is 2.19. The molecule has 3 rings (SSSR count). The van der Waals surface area contributed by atoms with Crippen molar-refractivity contribution in [2.45, 2.75) is 0 Å². The molecule has 6 heteroatoms. The van der Waals surface area contributed by atoms with E-state index >= 15 is 0 Å². The number of ether oxygens (including phenoxy) is 2. The Labute approximate surface area is 159 Å². The van der Waals surface area contributed by atoms with Gasteiger partial charge in [-0.3, -0.25) is 4.79 Å². The highest BCUT2D eigenvalue weighted by Crippen LogP contribution is 2.23. The first-order chi connectivity index (χ1) is 12.7. The topological polar surface area (TPSA) is 52.6 Å². The van der Waals surface area contributed by atoms with E-state index in [9.17, 15) is 9.59 Å². The molecule has 0 spiro atoms. The van der Waals surface area contributed by atoms with E-state index in [2.05, 4.69) is 0 Å². The van der Waals surface area contributed by atoms with Crippen molar-refractivity contribution in [2.24, 2.45) is 0 Å². The molecule has 0 radical (unpaired) electrons. The standard InChI is InChI=1S/C20H15ClO4S/c21-16-8-3-4-9-17(16)24-11-12-25-20(23)15-7-2-1-6-14(15)19(22)18-10-5-13-26-18/h1-10,13H,11-12H2. The number of hydrogen-bond acceptors (Lipinski definition) is 5. The van der Waals surface area contributed by atoms with Crippen molar-refractivity contribution in [1.82, 2.24) is 0 Å². The van der Waals surface area contributed by atoms with E-state index in [0.29, 0.717) is 21.2 Å². The summed E-state index contributed by atoms with van der Waals surface area (Å²) in [5, 5.41) is 2.31. The molecule has 0 aliphatic rings. The average Bonchev–Trinajstić information content (AvgIpc) is 3.20. The van der Waals surface area contributed by atoms with Gasteiger partial charge in [0.2, 0.25) is 5.78 Å². The summed E-state index contributed by atoms with van der Waals surface area (Å²) in [7, 11) is 0. The van der Waals surface area contributed by atoms with E-state index in [1.54, 1.807) is 60.7 Å². The highest BCUT2D eigenvalue weighted by molar-refractivity contribution is 7.12. The lowest BCUT2D eigenvalue weighted by molar-refractivity contribution is 0.0448. The largest absolute Gasteiger partial charge is 0.488 e. The number of carbonyl (C=O) groups is 2. The van der Waals surface area contributed by atoms with Crippen molar-refractivity contribution in [3.63, 3.8) is 0 Å². The molecule has 0 bridgehead atoms. The molecule has 0 aliphatic carbocycles. The van der Waals surface area contributed by atoms with Gasteiger partial charge in [0.1, 0.15) is 19.0 Å². The molecule has 1 aromatic heterocycles. The van der Waals surface area contributed by atoms with Crippen LogP contribution < -0.4 is 4.74 Å². The van der Waals surface area contributed by atoms with E-state index < -0.39 is 5.97 Å². The van der Waals surface area contributed by atoms with Gasteiger partial charge in [-0.05, 0) is 29.6 Å². The molecule has 2 aromatic carbocycles. The number of carbonyl (C=O) groups excluding carboxylic acids is 2. The molecule has 0 fully saturated rings. The van der Waals surface area contributed by atoms with Crippen LogP contribution in [-0.4, -0.2) is 25.0 Å². The monoisotopic (exact) mass is 386 g/mol. The molecule has 132 valence electrons. The van der Waals surface area contributed by atoms with Crippen molar-refractivity contribution in [1.29, 1.82) is 0 Å². The van der Waals surface area contributed by atoms with Gasteiger partial charge in [-0.2, -0.15) is 0 Å². The number of rotatable bonds is 7. The van der Waals surface area contributed by atoms with Crippen molar-refractivity contribution >= 4 is 34.7 Å². The van der Waals surface area contributed by atoms with Crippen LogP contribution in [0.15, 0.2) is 66.0 Å². The Morgan fingerprint density at radius 2 is 1.62 bits per heavy atom. The van der Waals surface area contributed by atoms with Gasteiger partial charge < -0.3 is 9.47 Å². The highest BCUT2D eigenvalue weighted by atomic mass is 35.5. The number of ketones is 1. The molecule has 0 unspecified atom stereocenters. The lowest BCUT2D eigenvalue weighted by Gasteiger charge is -2.10. The molecule has 0 atom stereocenters. The molecule has 0 saturated carbocycles. The summed E-state index contributed by atoms with van der Waals surface area (Å²) >= 11 is 7.33. The van der Waals surface area contributed by atoms with Crippen LogP contribution in [0, 0.1) is 0 Å². The fourth-order valence-electron chi connectivity index (χ4n) is 2.33. The van der Waals surface area contributed by atoms with Gasteiger partial charge >= 0.3 is 5.97 Å². The van der Waals surface area contributed by atoms with Crippen LogP contribution in [0.3, 0.4) is 0 Å². The summed E-state index contributed by atoms with van der Waals surface area (Å²) < 4.78 is 10.7. The lowest BCUT2D eigenvalue weighted by atomic mass is 10.0. The number of thiophene rings is 1. The normalized spacial score (nSPS) is 10.3. The second-order valence-corrected chi connectivity index (χ2v) is 6.62. The SMILES string of the molecule is O=C(OCCOc1ccccc1Cl)c1ccccc1C(=O)c1cccs1. The summed E-state index contributed by atoms with van der Waals surface area (Å²) in [6, 6.07) is 17.2. The van der Waals surface area contributed by atoms with Gasteiger partial charge in [-0.1, -0.05) is 48.0 Å². The van der Waals surface area contributed by atoms with Gasteiger partial charge in [0.25, 0.3) is 0 Å². The smallest absolute Gasteiger partial charge is 0.339 e. The molecule has 3 aromatic rings. The summed E-state index contributed by atoms with van der Waals surface area (Å²) in [6.45, 7) is 0.210. The first-order valence-corrected chi connectivity index (χ1v) is 9.14. The Morgan fingerprint density at radius 1 is 0.885 bits per heavy atom. The second-order valence-electron chi connectivity index (χ2n) is 5.27. The predicted octanol–water partition coefficient (Wildman–Crippen LogP) is 4.87. The maximum absolute atomic E-state index is 12.5. The van der Waals surface area contributed by atoms with E-state index in [-0.39, 0.29) is 24.6 Å². The first-order valence-electron chi connectivity index (χ1n) is 7.88. The third-order valence-corrected chi connectivity index (χ3v) is 4.73. The number of para-hydroxylation sites is 1. The summed E-state index contributed by atoms with van der Waals surface area (Å²) in [6.07, 6.45) is 0. The molecule has 0 saturated heterocycles. The Balaban J connectivity index is 1.62. The van der Waals surface area contributed by atoms with Crippen LogP contribution in [0.1, 0.15) is 25.6 Å². The zero-order valence-electron chi connectivity index (χ0n) is 13.7. The van der Waals surface area contributed by atoms with Crippen LogP contribution in [0.25, 0.3) is 0 Å². The van der Waals surface area contributed by atoms with Crippen molar-refractivity contribution in [3.8, 4) is 5.75 Å². The van der Waals surface area contributed by atoms with Gasteiger partial charge in [-0.15, -0.1) is 11.3 Å². The zero-order valence-corrected chi connectivity index (χ0v) is 15.3. The van der Waals surface area contributed by atoms with Crippen LogP contribution in [-0.2, 0) is 4.74 Å². The van der Waals surface area contributed by atoms with Gasteiger partial charge in [0.15, 0.2) is 0 Å². The number of hydrogen-bond donors (Lipinski definition) is 0. The van der Waals surface area contributed by atoms with E-state index in [4.69, 9.17) is 21.1 Å². The van der Waals surface area contributed by atoms with Crippen molar-refractivity contribution < 1.29 is 19.1 Å². The fourth-order valence-corrected chi connectivity index (χ4v) is 3.19. The Hall–Kier alpha value is -2.63. The first kappa shape index (κ1) is 18.2. The summed E-state index contributed by atoms with van der Waals surface area (Å²) in [4.78, 5) is 25.5. The van der Waals surface area contributed by atoms with Crippen molar-refractivity contribution in [3.05, 3.63) is 87.1 Å². The van der Waals surface area contributed by atoms with Gasteiger partial charge in [-0.25, -0.2) is 4.79 Å². The minimum Gasteiger partial charge on any atom is -0.488 e. The Bertz CT molecular complexity index is 906. The molecular formula is C20H15ClO4S. The summed E-state index contributed by atoms with van der Waals surface area (Å²) in [5.41, 5.74) is 0.565. The van der Waals surface area contributed by atoms with Gasteiger partial charge in [0.05, 0.1) is 15.5 Å². The number of esters is 1. The molecule has 1 heterocycles. The molecule has 26 heavy (non-hydrogen) atoms. The molecule has 4 nitrogen and oxygen atoms in total. The fraction of sp³-hybridized carbons (Fsp3) is 0.100. The van der Waals surface area contributed by atoms with Crippen LogP contribution >= 0.6 is 22.9 Å². The molecule has 0 N–H and O–H groups in total. The molecule has 0 aliphatic heterocycles. The second kappa shape index (κ2) is 8.65. The molecule has 0 amide bonds. The number of halogens is 1.